The average Bonchev–Trinajstić information content (AvgIpc) is 3.18. The third-order valence-corrected chi connectivity index (χ3v) is 8.37. The lowest BCUT2D eigenvalue weighted by Crippen LogP contribution is -2.40. The number of ether oxygens (including phenoxy) is 1. The number of nitrogens with zero attached hydrogens (tertiary/aromatic N) is 6. The van der Waals surface area contributed by atoms with Crippen LogP contribution >= 0.6 is 0 Å². The normalized spacial score (nSPS) is 18.8. The maximum Gasteiger partial charge on any atom is 0.306 e. The summed E-state index contributed by atoms with van der Waals surface area (Å²) in [5, 5.41) is 17.7. The molecule has 35 heavy (non-hydrogen) atoms. The van der Waals surface area contributed by atoms with Crippen LogP contribution in [0.3, 0.4) is 0 Å². The first-order chi connectivity index (χ1) is 16.5. The van der Waals surface area contributed by atoms with Crippen molar-refractivity contribution < 1.29 is 23.1 Å². The number of rotatable bonds is 11. The molecule has 194 valence electrons. The van der Waals surface area contributed by atoms with Gasteiger partial charge in [-0.15, -0.1) is 5.10 Å². The highest BCUT2D eigenvalue weighted by Crippen LogP contribution is 2.30. The standard InChI is InChI=1S/C23H36N6O5S/c1-6-7-13-27(3)35(32,33)28(4)15-20-22(25-26-29(20)5)19-11-12-21(16(2)24-19)34-18-10-8-9-17(14-18)23(30)31/h11-12,17-18H,6-10,13-15H2,1-5H3,(H,30,31)/t17-,18?/m0/s1. The largest absolute Gasteiger partial charge is 0.489 e. The smallest absolute Gasteiger partial charge is 0.306 e. The molecule has 2 aromatic rings. The van der Waals surface area contributed by atoms with Crippen molar-refractivity contribution in [3.8, 4) is 17.1 Å². The lowest BCUT2D eigenvalue weighted by Gasteiger charge is -2.27. The zero-order valence-electron chi connectivity index (χ0n) is 21.1. The molecule has 1 saturated carbocycles. The molecule has 11 nitrogen and oxygen atoms in total. The molecule has 0 bridgehead atoms. The highest BCUT2D eigenvalue weighted by atomic mass is 32.2. The highest BCUT2D eigenvalue weighted by molar-refractivity contribution is 7.86. The summed E-state index contributed by atoms with van der Waals surface area (Å²) < 4.78 is 36.1. The van der Waals surface area contributed by atoms with E-state index in [2.05, 4.69) is 15.3 Å². The Morgan fingerprint density at radius 3 is 2.66 bits per heavy atom. The first-order valence-corrected chi connectivity index (χ1v) is 13.4. The molecule has 2 atom stereocenters. The highest BCUT2D eigenvalue weighted by Gasteiger charge is 2.29. The minimum Gasteiger partial charge on any atom is -0.489 e. The van der Waals surface area contributed by atoms with Gasteiger partial charge in [0.1, 0.15) is 11.4 Å². The number of hydrogen-bond donors (Lipinski definition) is 1. The van der Waals surface area contributed by atoms with Crippen LogP contribution in [0, 0.1) is 12.8 Å². The number of pyridine rings is 1. The van der Waals surface area contributed by atoms with E-state index in [0.717, 1.165) is 25.7 Å². The second kappa shape index (κ2) is 11.4. The number of unbranched alkanes of at least 4 members (excludes halogenated alkanes) is 1. The summed E-state index contributed by atoms with van der Waals surface area (Å²) in [4.78, 5) is 16.0. The molecule has 1 unspecified atom stereocenters. The van der Waals surface area contributed by atoms with Gasteiger partial charge < -0.3 is 9.84 Å². The summed E-state index contributed by atoms with van der Waals surface area (Å²) >= 11 is 0. The van der Waals surface area contributed by atoms with Gasteiger partial charge in [-0.1, -0.05) is 18.6 Å². The van der Waals surface area contributed by atoms with E-state index in [1.54, 1.807) is 38.0 Å². The molecule has 2 aromatic heterocycles. The van der Waals surface area contributed by atoms with E-state index >= 15 is 0 Å². The molecule has 0 saturated heterocycles. The quantitative estimate of drug-likeness (QED) is 0.490. The number of aromatic nitrogens is 4. The van der Waals surface area contributed by atoms with Crippen molar-refractivity contribution in [3.05, 3.63) is 23.5 Å². The Balaban J connectivity index is 1.77. The van der Waals surface area contributed by atoms with Gasteiger partial charge in [0, 0.05) is 27.7 Å². The number of carboxylic acid groups (broad SMARTS) is 1. The number of aryl methyl sites for hydroxylation is 2. The lowest BCUT2D eigenvalue weighted by molar-refractivity contribution is -0.143. The number of aliphatic carboxylic acids is 1. The van der Waals surface area contributed by atoms with E-state index in [4.69, 9.17) is 4.74 Å². The van der Waals surface area contributed by atoms with Crippen molar-refractivity contribution in [1.82, 2.24) is 28.6 Å². The molecule has 0 aliphatic heterocycles. The maximum atomic E-state index is 12.9. The van der Waals surface area contributed by atoms with Crippen LogP contribution in [-0.2, 0) is 28.6 Å². The van der Waals surface area contributed by atoms with Crippen LogP contribution in [0.4, 0.5) is 0 Å². The Hall–Kier alpha value is -2.57. The number of carbonyl (C=O) groups is 1. The number of hydrogen-bond acceptors (Lipinski definition) is 7. The second-order valence-corrected chi connectivity index (χ2v) is 11.3. The van der Waals surface area contributed by atoms with Gasteiger partial charge in [0.15, 0.2) is 0 Å². The molecule has 1 N–H and O–H groups in total. The summed E-state index contributed by atoms with van der Waals surface area (Å²) in [7, 11) is 1.21. The van der Waals surface area contributed by atoms with Gasteiger partial charge in [0.25, 0.3) is 10.2 Å². The van der Waals surface area contributed by atoms with E-state index in [-0.39, 0.29) is 18.6 Å². The molecule has 0 aromatic carbocycles. The Morgan fingerprint density at radius 1 is 1.26 bits per heavy atom. The summed E-state index contributed by atoms with van der Waals surface area (Å²) in [6, 6.07) is 3.58. The fraction of sp³-hybridized carbons (Fsp3) is 0.652. The van der Waals surface area contributed by atoms with Gasteiger partial charge in [-0.3, -0.25) is 9.48 Å². The predicted octanol–water partition coefficient (Wildman–Crippen LogP) is 2.62. The molecule has 0 amide bonds. The summed E-state index contributed by atoms with van der Waals surface area (Å²) in [5.41, 5.74) is 2.34. The fourth-order valence-electron chi connectivity index (χ4n) is 4.24. The minimum atomic E-state index is -3.63. The topological polar surface area (TPSA) is 131 Å². The van der Waals surface area contributed by atoms with E-state index in [9.17, 15) is 18.3 Å². The van der Waals surface area contributed by atoms with Crippen molar-refractivity contribution in [2.24, 2.45) is 13.0 Å². The van der Waals surface area contributed by atoms with E-state index < -0.39 is 16.2 Å². The predicted molar refractivity (Wildman–Crippen MR) is 131 cm³/mol. The zero-order valence-corrected chi connectivity index (χ0v) is 22.0. The van der Waals surface area contributed by atoms with Crippen molar-refractivity contribution in [3.63, 3.8) is 0 Å². The molecule has 0 radical (unpaired) electrons. The van der Waals surface area contributed by atoms with Crippen molar-refractivity contribution >= 4 is 16.2 Å². The molecule has 1 aliphatic rings. The summed E-state index contributed by atoms with van der Waals surface area (Å²) in [6.45, 7) is 4.39. The van der Waals surface area contributed by atoms with E-state index in [0.29, 0.717) is 47.9 Å². The van der Waals surface area contributed by atoms with Crippen LogP contribution in [0.2, 0.25) is 0 Å². The Morgan fingerprint density at radius 2 is 2.00 bits per heavy atom. The van der Waals surface area contributed by atoms with Crippen LogP contribution in [0.5, 0.6) is 5.75 Å². The molecule has 12 heteroatoms. The third kappa shape index (κ3) is 6.36. The third-order valence-electron chi connectivity index (χ3n) is 6.48. The van der Waals surface area contributed by atoms with Crippen molar-refractivity contribution in [1.29, 1.82) is 0 Å². The van der Waals surface area contributed by atoms with E-state index in [1.165, 1.54) is 8.61 Å². The van der Waals surface area contributed by atoms with Gasteiger partial charge >= 0.3 is 5.97 Å². The van der Waals surface area contributed by atoms with Crippen LogP contribution in [0.15, 0.2) is 12.1 Å². The first-order valence-electron chi connectivity index (χ1n) is 12.0. The van der Waals surface area contributed by atoms with Gasteiger partial charge in [0.2, 0.25) is 0 Å². The SMILES string of the molecule is CCCCN(C)S(=O)(=O)N(C)Cc1c(-c2ccc(OC3CCC[C@H](C(=O)O)C3)c(C)n2)nnn1C. The Labute approximate surface area is 207 Å². The monoisotopic (exact) mass is 508 g/mol. The molecule has 3 rings (SSSR count). The fourth-order valence-corrected chi connectivity index (χ4v) is 5.36. The Bertz CT molecular complexity index is 1140. The molecular weight excluding hydrogens is 472 g/mol. The van der Waals surface area contributed by atoms with Crippen LogP contribution < -0.4 is 4.74 Å². The molecule has 0 spiro atoms. The number of carboxylic acids is 1. The van der Waals surface area contributed by atoms with Crippen LogP contribution in [0.1, 0.15) is 56.8 Å². The lowest BCUT2D eigenvalue weighted by atomic mass is 9.87. The van der Waals surface area contributed by atoms with Gasteiger partial charge in [0.05, 0.1) is 35.6 Å². The molecule has 1 fully saturated rings. The average molecular weight is 509 g/mol. The molecule has 1 aliphatic carbocycles. The van der Waals surface area contributed by atoms with Gasteiger partial charge in [-0.2, -0.15) is 17.0 Å². The van der Waals surface area contributed by atoms with E-state index in [1.807, 2.05) is 13.8 Å². The maximum absolute atomic E-state index is 12.9. The zero-order chi connectivity index (χ0) is 25.8. The molecule has 2 heterocycles. The second-order valence-electron chi connectivity index (χ2n) is 9.17. The van der Waals surface area contributed by atoms with Crippen molar-refractivity contribution in [2.75, 3.05) is 20.6 Å². The first kappa shape index (κ1) is 27.0. The molecular formula is C23H36N6O5S. The van der Waals surface area contributed by atoms with Gasteiger partial charge in [-0.25, -0.2) is 4.98 Å². The van der Waals surface area contributed by atoms with Crippen molar-refractivity contribution in [2.45, 2.75) is 65.0 Å². The summed E-state index contributed by atoms with van der Waals surface area (Å²) in [5.74, 6) is -0.549. The van der Waals surface area contributed by atoms with Crippen LogP contribution in [-0.4, -0.2) is 74.8 Å². The van der Waals surface area contributed by atoms with Crippen LogP contribution in [0.25, 0.3) is 11.4 Å². The van der Waals surface area contributed by atoms with Gasteiger partial charge in [-0.05, 0) is 51.2 Å². The Kier molecular flexibility index (Phi) is 8.84. The minimum absolute atomic E-state index is 0.0925. The summed E-state index contributed by atoms with van der Waals surface area (Å²) in [6.07, 6.45) is 4.33.